The molecule has 2 aliphatic heterocycles. The number of amides is 3. The lowest BCUT2D eigenvalue weighted by Crippen LogP contribution is -2.48. The molecule has 57 heavy (non-hydrogen) atoms. The van der Waals surface area contributed by atoms with Crippen LogP contribution in [0.25, 0.3) is 21.9 Å². The number of rotatable bonds is 8. The minimum Gasteiger partial charge on any atom is -0.479 e. The highest BCUT2D eigenvalue weighted by atomic mass is 19.4. The monoisotopic (exact) mass is 792 g/mol. The Morgan fingerprint density at radius 3 is 2.46 bits per heavy atom. The summed E-state index contributed by atoms with van der Waals surface area (Å²) in [5, 5.41) is 10.2. The fraction of sp³-hybridized carbons (Fsp3) is 0.447. The number of anilines is 2. The van der Waals surface area contributed by atoms with Gasteiger partial charge in [-0.15, -0.1) is 0 Å². The minimum absolute atomic E-state index is 0.0843. The van der Waals surface area contributed by atoms with Crippen molar-refractivity contribution in [3.8, 4) is 5.88 Å². The number of alkyl halides is 3. The minimum atomic E-state index is -4.69. The largest absolute Gasteiger partial charge is 0.479 e. The number of ether oxygens (including phenoxy) is 1. The molecule has 3 amide bonds. The van der Waals surface area contributed by atoms with E-state index in [2.05, 4.69) is 25.5 Å². The SMILES string of the molecule is COc1nc(NC(=O)c2cccc(C(F)(F)F)n2)cc2cn([C@H]3CC[C@H](CN4CCN(c5c(F)ccc6c5n(C)c(=O)n6C5CCC(=O)NC5=O)CC4)CC3)nc12. The molecule has 0 bridgehead atoms. The topological polar surface area (TPSA) is 162 Å². The molecule has 1 aliphatic carbocycles. The molecule has 0 radical (unpaired) electrons. The van der Waals surface area contributed by atoms with Gasteiger partial charge in [0.1, 0.15) is 29.1 Å². The van der Waals surface area contributed by atoms with Crippen LogP contribution in [0.2, 0.25) is 0 Å². The van der Waals surface area contributed by atoms with Crippen LogP contribution in [0.3, 0.4) is 0 Å². The summed E-state index contributed by atoms with van der Waals surface area (Å²) in [6.45, 7) is 3.41. The number of nitrogens with zero attached hydrogens (tertiary/aromatic N) is 8. The molecule has 19 heteroatoms. The molecule has 8 rings (SSSR count). The Bertz CT molecular complexity index is 2440. The van der Waals surface area contributed by atoms with E-state index in [-0.39, 0.29) is 36.5 Å². The Morgan fingerprint density at radius 2 is 1.75 bits per heavy atom. The van der Waals surface area contributed by atoms with Crippen molar-refractivity contribution in [1.29, 1.82) is 0 Å². The van der Waals surface area contributed by atoms with E-state index in [1.807, 2.05) is 15.8 Å². The Kier molecular flexibility index (Phi) is 9.95. The number of halogens is 4. The van der Waals surface area contributed by atoms with Crippen LogP contribution in [0.4, 0.5) is 29.1 Å². The summed E-state index contributed by atoms with van der Waals surface area (Å²) in [5.74, 6) is -1.52. The number of aromatic nitrogens is 6. The second-order valence-electron chi connectivity index (χ2n) is 14.8. The maximum Gasteiger partial charge on any atom is 0.433 e. The molecular formula is C38H40F4N10O5. The average molecular weight is 793 g/mol. The smallest absolute Gasteiger partial charge is 0.433 e. The molecule has 1 saturated carbocycles. The second-order valence-corrected chi connectivity index (χ2v) is 14.8. The summed E-state index contributed by atoms with van der Waals surface area (Å²) in [7, 11) is 3.00. The van der Waals surface area contributed by atoms with Gasteiger partial charge in [0, 0.05) is 57.8 Å². The van der Waals surface area contributed by atoms with Gasteiger partial charge in [0.25, 0.3) is 5.91 Å². The molecule has 15 nitrogen and oxygen atoms in total. The third-order valence-electron chi connectivity index (χ3n) is 11.3. The van der Waals surface area contributed by atoms with E-state index < -0.39 is 46.9 Å². The number of hydrogen-bond acceptors (Lipinski definition) is 10. The van der Waals surface area contributed by atoms with Gasteiger partial charge in [-0.2, -0.15) is 23.3 Å². The van der Waals surface area contributed by atoms with E-state index in [0.717, 1.165) is 44.4 Å². The quantitative estimate of drug-likeness (QED) is 0.170. The molecule has 5 aromatic rings. The molecule has 2 N–H and O–H groups in total. The first-order valence-corrected chi connectivity index (χ1v) is 18.8. The van der Waals surface area contributed by atoms with E-state index in [0.29, 0.717) is 59.7 Å². The lowest BCUT2D eigenvalue weighted by atomic mass is 9.85. The second kappa shape index (κ2) is 14.9. The molecule has 2 saturated heterocycles. The molecule has 6 heterocycles. The highest BCUT2D eigenvalue weighted by molar-refractivity contribution is 6.03. The number of pyridine rings is 2. The van der Waals surface area contributed by atoms with Gasteiger partial charge in [-0.3, -0.25) is 38.4 Å². The number of aryl methyl sites for hydroxylation is 1. The number of hydrogen-bond donors (Lipinski definition) is 2. The normalized spacial score (nSPS) is 20.9. The third kappa shape index (κ3) is 7.31. The van der Waals surface area contributed by atoms with Crippen molar-refractivity contribution < 1.29 is 36.7 Å². The summed E-state index contributed by atoms with van der Waals surface area (Å²) in [6, 6.07) is 6.81. The van der Waals surface area contributed by atoms with Gasteiger partial charge in [0.05, 0.1) is 29.9 Å². The summed E-state index contributed by atoms with van der Waals surface area (Å²) >= 11 is 0. The number of nitrogens with one attached hydrogen (secondary N) is 2. The van der Waals surface area contributed by atoms with Crippen molar-refractivity contribution >= 4 is 51.2 Å². The predicted octanol–water partition coefficient (Wildman–Crippen LogP) is 4.43. The van der Waals surface area contributed by atoms with Crippen molar-refractivity contribution in [2.24, 2.45) is 13.0 Å². The average Bonchev–Trinajstić information content (AvgIpc) is 3.73. The van der Waals surface area contributed by atoms with Crippen LogP contribution in [0, 0.1) is 11.7 Å². The molecule has 1 aromatic carbocycles. The highest BCUT2D eigenvalue weighted by Gasteiger charge is 2.35. The maximum atomic E-state index is 15.6. The molecule has 4 aromatic heterocycles. The molecular weight excluding hydrogens is 752 g/mol. The van der Waals surface area contributed by atoms with E-state index in [1.165, 1.54) is 34.4 Å². The molecule has 0 spiro atoms. The first kappa shape index (κ1) is 38.0. The van der Waals surface area contributed by atoms with Crippen LogP contribution in [-0.4, -0.2) is 91.3 Å². The number of fused-ring (bicyclic) bond motifs is 2. The summed E-state index contributed by atoms with van der Waals surface area (Å²) in [5.41, 5.74) is -0.322. The van der Waals surface area contributed by atoms with Gasteiger partial charge in [-0.05, 0) is 68.4 Å². The van der Waals surface area contributed by atoms with Gasteiger partial charge in [0.15, 0.2) is 5.52 Å². The molecule has 3 aliphatic rings. The molecule has 3 fully saturated rings. The van der Waals surface area contributed by atoms with E-state index in [1.54, 1.807) is 13.1 Å². The van der Waals surface area contributed by atoms with Crippen molar-refractivity contribution in [1.82, 2.24) is 39.1 Å². The van der Waals surface area contributed by atoms with E-state index in [9.17, 15) is 32.3 Å². The first-order valence-electron chi connectivity index (χ1n) is 18.8. The molecule has 1 atom stereocenters. The number of piperazine rings is 1. The Balaban J connectivity index is 0.890. The lowest BCUT2D eigenvalue weighted by Gasteiger charge is -2.39. The van der Waals surface area contributed by atoms with Crippen molar-refractivity contribution in [2.45, 2.75) is 56.8 Å². The summed E-state index contributed by atoms with van der Waals surface area (Å²) in [4.78, 5) is 62.7. The van der Waals surface area contributed by atoms with Gasteiger partial charge in [0.2, 0.25) is 17.7 Å². The standard InChI is InChI=1S/C38H40F4N10O5/c1-48-33-26(52(37(48)56)27-12-13-30(53)46-35(27)55)11-10-24(39)32(33)50-16-14-49(15-17-50)19-21-6-8-23(9-7-21)51-20-22-18-29(45-36(57-2)31(22)47-51)44-34(54)25-4-3-5-28(43-25)38(40,41)42/h3-5,10-11,18,20-21,23,27H,6-9,12-17,19H2,1-2H3,(H,44,54)(H,46,53,55)/t21-,23-,27?. The summed E-state index contributed by atoms with van der Waals surface area (Å²) < 4.78 is 65.1. The number of imide groups is 1. The van der Waals surface area contributed by atoms with Gasteiger partial charge < -0.3 is 15.0 Å². The number of methoxy groups -OCH3 is 1. The van der Waals surface area contributed by atoms with Crippen LogP contribution >= 0.6 is 0 Å². The van der Waals surface area contributed by atoms with Crippen LogP contribution in [0.5, 0.6) is 5.88 Å². The van der Waals surface area contributed by atoms with E-state index >= 15 is 4.39 Å². The van der Waals surface area contributed by atoms with Crippen molar-refractivity contribution in [3.05, 3.63) is 70.3 Å². The zero-order chi connectivity index (χ0) is 40.2. The highest BCUT2D eigenvalue weighted by Crippen LogP contribution is 2.36. The number of carbonyl (C=O) groups excluding carboxylic acids is 3. The fourth-order valence-electron chi connectivity index (χ4n) is 8.38. The zero-order valence-corrected chi connectivity index (χ0v) is 31.2. The number of imidazole rings is 1. The summed E-state index contributed by atoms with van der Waals surface area (Å²) in [6.07, 6.45) is 1.16. The third-order valence-corrected chi connectivity index (χ3v) is 11.3. The maximum absolute atomic E-state index is 15.6. The van der Waals surface area contributed by atoms with Crippen molar-refractivity contribution in [3.63, 3.8) is 0 Å². The fourth-order valence-corrected chi connectivity index (χ4v) is 8.38. The predicted molar refractivity (Wildman–Crippen MR) is 199 cm³/mol. The van der Waals surface area contributed by atoms with Crippen LogP contribution < -0.4 is 26.0 Å². The van der Waals surface area contributed by atoms with E-state index in [4.69, 9.17) is 9.84 Å². The Labute approximate surface area is 322 Å². The van der Waals surface area contributed by atoms with Gasteiger partial charge >= 0.3 is 11.9 Å². The molecule has 300 valence electrons. The zero-order valence-electron chi connectivity index (χ0n) is 31.2. The number of benzene rings is 1. The van der Waals surface area contributed by atoms with Gasteiger partial charge in [-0.1, -0.05) is 6.07 Å². The number of carbonyl (C=O) groups is 3. The Hall–Kier alpha value is -5.85. The first-order chi connectivity index (χ1) is 27.3. The lowest BCUT2D eigenvalue weighted by molar-refractivity contribution is -0.141. The molecule has 1 unspecified atom stereocenters. The van der Waals surface area contributed by atoms with Gasteiger partial charge in [-0.25, -0.2) is 14.2 Å². The van der Waals surface area contributed by atoms with Crippen molar-refractivity contribution in [2.75, 3.05) is 50.1 Å². The Morgan fingerprint density at radius 1 is 1.00 bits per heavy atom. The van der Waals surface area contributed by atoms with Crippen LogP contribution in [0.15, 0.2) is 47.4 Å². The number of piperidine rings is 1. The van der Waals surface area contributed by atoms with Crippen LogP contribution in [-0.2, 0) is 22.8 Å². The van der Waals surface area contributed by atoms with Crippen LogP contribution in [0.1, 0.15) is 66.8 Å².